The van der Waals surface area contributed by atoms with Gasteiger partial charge in [0, 0.05) is 12.7 Å². The zero-order chi connectivity index (χ0) is 14.3. The van der Waals surface area contributed by atoms with Gasteiger partial charge in [-0.3, -0.25) is 4.79 Å². The van der Waals surface area contributed by atoms with Crippen molar-refractivity contribution in [3.63, 3.8) is 0 Å². The average molecular weight is 328 g/mol. The molecular weight excluding hydrogens is 314 g/mol. The van der Waals surface area contributed by atoms with E-state index in [9.17, 15) is 4.79 Å². The second kappa shape index (κ2) is 7.75. The lowest BCUT2D eigenvalue weighted by Gasteiger charge is -2.11. The molecule has 1 rings (SSSR count). The van der Waals surface area contributed by atoms with Crippen molar-refractivity contribution in [2.24, 2.45) is 0 Å². The van der Waals surface area contributed by atoms with Gasteiger partial charge in [0.1, 0.15) is 6.61 Å². The third-order valence-electron chi connectivity index (χ3n) is 1.93. The molecule has 8 heteroatoms. The van der Waals surface area contributed by atoms with Crippen LogP contribution in [0.5, 0.6) is 5.88 Å². The largest absolute Gasteiger partial charge is 0.475 e. The number of amides is 1. The summed E-state index contributed by atoms with van der Waals surface area (Å²) >= 11 is 16.3. The van der Waals surface area contributed by atoms with Gasteiger partial charge in [0.2, 0.25) is 5.88 Å². The Kier molecular flexibility index (Phi) is 6.65. The van der Waals surface area contributed by atoms with E-state index < -0.39 is 9.70 Å². The smallest absolute Gasteiger partial charge is 0.276 e. The maximum atomic E-state index is 11.4. The summed E-state index contributed by atoms with van der Waals surface area (Å²) in [6, 6.07) is 3.19. The number of hydrogen-bond acceptors (Lipinski definition) is 4. The van der Waals surface area contributed by atoms with Crippen molar-refractivity contribution in [2.75, 3.05) is 25.1 Å². The van der Waals surface area contributed by atoms with Gasteiger partial charge in [0.25, 0.3) is 9.70 Å². The fourth-order valence-corrected chi connectivity index (χ4v) is 1.23. The van der Waals surface area contributed by atoms with Crippen LogP contribution in [0.25, 0.3) is 0 Å². The number of alkyl halides is 3. The minimum Gasteiger partial charge on any atom is -0.475 e. The van der Waals surface area contributed by atoms with Gasteiger partial charge in [-0.25, -0.2) is 4.98 Å². The van der Waals surface area contributed by atoms with E-state index in [4.69, 9.17) is 44.3 Å². The molecule has 0 atom stereocenters. The number of halogens is 3. The van der Waals surface area contributed by atoms with Crippen molar-refractivity contribution >= 4 is 46.4 Å². The van der Waals surface area contributed by atoms with E-state index >= 15 is 0 Å². The molecule has 1 heterocycles. The Morgan fingerprint density at radius 3 is 2.63 bits per heavy atom. The van der Waals surface area contributed by atoms with Crippen LogP contribution in [0, 0.1) is 0 Å². The van der Waals surface area contributed by atoms with Crippen LogP contribution < -0.4 is 10.1 Å². The van der Waals surface area contributed by atoms with Gasteiger partial charge in [-0.15, -0.1) is 0 Å². The van der Waals surface area contributed by atoms with Gasteiger partial charge >= 0.3 is 0 Å². The Balaban J connectivity index is 2.45. The van der Waals surface area contributed by atoms with Crippen LogP contribution in [0.1, 0.15) is 6.92 Å². The van der Waals surface area contributed by atoms with Crippen molar-refractivity contribution in [3.05, 3.63) is 18.3 Å². The molecule has 0 saturated heterocycles. The van der Waals surface area contributed by atoms with Gasteiger partial charge in [-0.05, 0) is 13.0 Å². The van der Waals surface area contributed by atoms with E-state index in [1.807, 2.05) is 6.92 Å². The summed E-state index contributed by atoms with van der Waals surface area (Å²) in [7, 11) is 0. The second-order valence-electron chi connectivity index (χ2n) is 3.38. The SMILES string of the molecule is CCOCCOc1ccc(NC(=O)C(Cl)(Cl)Cl)cn1. The van der Waals surface area contributed by atoms with E-state index in [0.717, 1.165) is 0 Å². The highest BCUT2D eigenvalue weighted by atomic mass is 35.6. The van der Waals surface area contributed by atoms with Crippen molar-refractivity contribution in [2.45, 2.75) is 10.7 Å². The Bertz CT molecular complexity index is 407. The number of rotatable bonds is 6. The minimum atomic E-state index is -2.01. The first kappa shape index (κ1) is 16.3. The highest BCUT2D eigenvalue weighted by Crippen LogP contribution is 2.27. The van der Waals surface area contributed by atoms with Crippen LogP contribution in [0.4, 0.5) is 5.69 Å². The van der Waals surface area contributed by atoms with E-state index in [1.165, 1.54) is 6.20 Å². The van der Waals surface area contributed by atoms with Crippen LogP contribution in [0.2, 0.25) is 0 Å². The monoisotopic (exact) mass is 326 g/mol. The van der Waals surface area contributed by atoms with Crippen molar-refractivity contribution in [1.82, 2.24) is 4.98 Å². The molecule has 0 bridgehead atoms. The number of nitrogens with one attached hydrogen (secondary N) is 1. The Morgan fingerprint density at radius 1 is 1.37 bits per heavy atom. The topological polar surface area (TPSA) is 60.5 Å². The molecule has 0 aliphatic carbocycles. The molecule has 0 fully saturated rings. The summed E-state index contributed by atoms with van der Waals surface area (Å²) in [5.74, 6) is -0.323. The van der Waals surface area contributed by atoms with E-state index in [0.29, 0.717) is 31.4 Å². The third kappa shape index (κ3) is 6.29. The predicted octanol–water partition coefficient (Wildman–Crippen LogP) is 2.81. The first-order chi connectivity index (χ1) is 8.93. The first-order valence-corrected chi connectivity index (χ1v) is 6.61. The summed E-state index contributed by atoms with van der Waals surface area (Å²) in [5.41, 5.74) is 0.411. The molecule has 0 spiro atoms. The lowest BCUT2D eigenvalue weighted by Crippen LogP contribution is -2.26. The van der Waals surface area contributed by atoms with Crippen molar-refractivity contribution in [1.29, 1.82) is 0 Å². The predicted molar refractivity (Wildman–Crippen MR) is 75.1 cm³/mol. The maximum Gasteiger partial charge on any atom is 0.276 e. The normalized spacial score (nSPS) is 11.2. The van der Waals surface area contributed by atoms with Gasteiger partial charge in [-0.1, -0.05) is 34.8 Å². The fourth-order valence-electron chi connectivity index (χ4n) is 1.09. The van der Waals surface area contributed by atoms with Gasteiger partial charge in [-0.2, -0.15) is 0 Å². The van der Waals surface area contributed by atoms with E-state index in [-0.39, 0.29) is 0 Å². The molecule has 0 aliphatic heterocycles. The summed E-state index contributed by atoms with van der Waals surface area (Å²) in [4.78, 5) is 15.4. The van der Waals surface area contributed by atoms with Crippen LogP contribution >= 0.6 is 34.8 Å². The molecule has 19 heavy (non-hydrogen) atoms. The molecule has 5 nitrogen and oxygen atoms in total. The molecule has 1 N–H and O–H groups in total. The third-order valence-corrected chi connectivity index (χ3v) is 2.45. The molecule has 1 aromatic heterocycles. The molecule has 0 saturated carbocycles. The summed E-state index contributed by atoms with van der Waals surface area (Å²) in [5, 5.41) is 2.41. The molecule has 1 amide bonds. The van der Waals surface area contributed by atoms with E-state index in [1.54, 1.807) is 12.1 Å². The summed E-state index contributed by atoms with van der Waals surface area (Å²) < 4.78 is 8.42. The first-order valence-electron chi connectivity index (χ1n) is 5.48. The quantitative estimate of drug-likeness (QED) is 0.645. The van der Waals surface area contributed by atoms with Crippen LogP contribution in [-0.2, 0) is 9.53 Å². The number of anilines is 1. The number of nitrogens with zero attached hydrogens (tertiary/aromatic N) is 1. The maximum absolute atomic E-state index is 11.4. The van der Waals surface area contributed by atoms with E-state index in [2.05, 4.69) is 10.3 Å². The number of carbonyl (C=O) groups excluding carboxylic acids is 1. The number of aromatic nitrogens is 1. The van der Waals surface area contributed by atoms with Crippen molar-refractivity contribution in [3.8, 4) is 5.88 Å². The molecule has 0 unspecified atom stereocenters. The number of ether oxygens (including phenoxy) is 2. The van der Waals surface area contributed by atoms with Gasteiger partial charge in [0.05, 0.1) is 18.5 Å². The number of hydrogen-bond donors (Lipinski definition) is 1. The Morgan fingerprint density at radius 2 is 2.11 bits per heavy atom. The van der Waals surface area contributed by atoms with Crippen LogP contribution in [0.3, 0.4) is 0 Å². The summed E-state index contributed by atoms with van der Waals surface area (Å²) in [6.45, 7) is 3.43. The molecule has 0 aliphatic rings. The van der Waals surface area contributed by atoms with Crippen LogP contribution in [0.15, 0.2) is 18.3 Å². The lowest BCUT2D eigenvalue weighted by atomic mass is 10.4. The van der Waals surface area contributed by atoms with Gasteiger partial charge < -0.3 is 14.8 Å². The van der Waals surface area contributed by atoms with Crippen molar-refractivity contribution < 1.29 is 14.3 Å². The molecule has 0 radical (unpaired) electrons. The Labute approximate surface area is 126 Å². The van der Waals surface area contributed by atoms with Crippen LogP contribution in [-0.4, -0.2) is 34.5 Å². The Hall–Kier alpha value is -0.750. The highest BCUT2D eigenvalue weighted by molar-refractivity contribution is 6.76. The standard InChI is InChI=1S/C11H13Cl3N2O3/c1-2-18-5-6-19-9-4-3-8(7-15-9)16-10(17)11(12,13)14/h3-4,7H,2,5-6H2,1H3,(H,16,17). The molecule has 106 valence electrons. The highest BCUT2D eigenvalue weighted by Gasteiger charge is 2.30. The van der Waals surface area contributed by atoms with Gasteiger partial charge in [0.15, 0.2) is 0 Å². The molecular formula is C11H13Cl3N2O3. The fraction of sp³-hybridized carbons (Fsp3) is 0.455. The molecule has 0 aromatic carbocycles. The zero-order valence-electron chi connectivity index (χ0n) is 10.2. The lowest BCUT2D eigenvalue weighted by molar-refractivity contribution is -0.115. The minimum absolute atomic E-state index is 0.403. The number of carbonyl (C=O) groups is 1. The second-order valence-corrected chi connectivity index (χ2v) is 5.66. The average Bonchev–Trinajstić information content (AvgIpc) is 2.35. The number of pyridine rings is 1. The zero-order valence-corrected chi connectivity index (χ0v) is 12.4. The molecule has 1 aromatic rings. The summed E-state index contributed by atoms with van der Waals surface area (Å²) in [6.07, 6.45) is 1.41.